The third-order valence-electron chi connectivity index (χ3n) is 2.46. The van der Waals surface area contributed by atoms with Crippen LogP contribution in [0.4, 0.5) is 13.6 Å². The Morgan fingerprint density at radius 1 is 1.47 bits per heavy atom. The van der Waals surface area contributed by atoms with Crippen LogP contribution >= 0.6 is 0 Å². The van der Waals surface area contributed by atoms with E-state index < -0.39 is 5.92 Å². The minimum atomic E-state index is -2.55. The second-order valence-electron chi connectivity index (χ2n) is 3.77. The van der Waals surface area contributed by atoms with Gasteiger partial charge < -0.3 is 10.6 Å². The molecule has 0 atom stereocenters. The van der Waals surface area contributed by atoms with Crippen molar-refractivity contribution in [1.82, 2.24) is 10.6 Å². The van der Waals surface area contributed by atoms with Gasteiger partial charge in [-0.2, -0.15) is 0 Å². The Balaban J connectivity index is 2.23. The topological polar surface area (TPSA) is 41.1 Å². The molecule has 0 heterocycles. The number of alkyl halides is 2. The van der Waals surface area contributed by atoms with Crippen LogP contribution in [0.15, 0.2) is 12.7 Å². The van der Waals surface area contributed by atoms with Crippen LogP contribution in [0.3, 0.4) is 0 Å². The molecule has 1 saturated carbocycles. The van der Waals surface area contributed by atoms with E-state index in [9.17, 15) is 13.6 Å². The predicted octanol–water partition coefficient (Wildman–Crippen LogP) is 2.05. The summed E-state index contributed by atoms with van der Waals surface area (Å²) in [5.74, 6) is -2.55. The van der Waals surface area contributed by atoms with E-state index in [-0.39, 0.29) is 24.9 Å². The fraction of sp³-hybridized carbons (Fsp3) is 0.700. The van der Waals surface area contributed by atoms with Gasteiger partial charge in [0.05, 0.1) is 0 Å². The van der Waals surface area contributed by atoms with E-state index in [0.717, 1.165) is 0 Å². The highest BCUT2D eigenvalue weighted by Gasteiger charge is 2.35. The molecule has 0 aromatic rings. The van der Waals surface area contributed by atoms with Crippen LogP contribution in [-0.2, 0) is 0 Å². The number of urea groups is 1. The predicted molar refractivity (Wildman–Crippen MR) is 53.9 cm³/mol. The van der Waals surface area contributed by atoms with Gasteiger partial charge in [-0.15, -0.1) is 6.58 Å². The SMILES string of the molecule is C=CCNC(=O)NC1CCC(F)(F)CC1. The van der Waals surface area contributed by atoms with Crippen molar-refractivity contribution in [2.75, 3.05) is 6.54 Å². The number of rotatable bonds is 3. The Labute approximate surface area is 87.9 Å². The first-order valence-electron chi connectivity index (χ1n) is 5.06. The molecule has 1 rings (SSSR count). The lowest BCUT2D eigenvalue weighted by Gasteiger charge is -2.28. The van der Waals surface area contributed by atoms with Crippen molar-refractivity contribution >= 4 is 6.03 Å². The minimum Gasteiger partial charge on any atom is -0.335 e. The molecule has 1 fully saturated rings. The van der Waals surface area contributed by atoms with Crippen molar-refractivity contribution in [2.45, 2.75) is 37.6 Å². The molecule has 2 N–H and O–H groups in total. The summed E-state index contributed by atoms with van der Waals surface area (Å²) in [6.07, 6.45) is 1.97. The fourth-order valence-corrected chi connectivity index (χ4v) is 1.59. The van der Waals surface area contributed by atoms with Crippen LogP contribution in [0, 0.1) is 0 Å². The third-order valence-corrected chi connectivity index (χ3v) is 2.46. The van der Waals surface area contributed by atoms with Crippen molar-refractivity contribution in [3.05, 3.63) is 12.7 Å². The molecule has 0 radical (unpaired) electrons. The van der Waals surface area contributed by atoms with Gasteiger partial charge in [-0.1, -0.05) is 6.08 Å². The second-order valence-corrected chi connectivity index (χ2v) is 3.77. The summed E-state index contributed by atoms with van der Waals surface area (Å²) in [4.78, 5) is 11.2. The first kappa shape index (κ1) is 11.9. The molecule has 0 spiro atoms. The zero-order valence-electron chi connectivity index (χ0n) is 8.56. The molecular formula is C10H16F2N2O. The maximum absolute atomic E-state index is 12.8. The fourth-order valence-electron chi connectivity index (χ4n) is 1.59. The summed E-state index contributed by atoms with van der Waals surface area (Å²) in [5.41, 5.74) is 0. The molecule has 1 aliphatic carbocycles. The lowest BCUT2D eigenvalue weighted by Crippen LogP contribution is -2.45. The molecule has 0 unspecified atom stereocenters. The van der Waals surface area contributed by atoms with E-state index in [1.54, 1.807) is 6.08 Å². The van der Waals surface area contributed by atoms with E-state index in [0.29, 0.717) is 19.4 Å². The Bertz CT molecular complexity index is 234. The van der Waals surface area contributed by atoms with Gasteiger partial charge in [0.2, 0.25) is 5.92 Å². The monoisotopic (exact) mass is 218 g/mol. The van der Waals surface area contributed by atoms with E-state index in [4.69, 9.17) is 0 Å². The maximum Gasteiger partial charge on any atom is 0.315 e. The second kappa shape index (κ2) is 5.09. The molecule has 1 aliphatic rings. The van der Waals surface area contributed by atoms with Gasteiger partial charge in [-0.05, 0) is 12.8 Å². The molecule has 86 valence electrons. The number of carbonyl (C=O) groups excluding carboxylic acids is 1. The van der Waals surface area contributed by atoms with Gasteiger partial charge in [-0.25, -0.2) is 13.6 Å². The molecule has 0 aromatic carbocycles. The first-order valence-corrected chi connectivity index (χ1v) is 5.06. The molecule has 0 bridgehead atoms. The summed E-state index contributed by atoms with van der Waals surface area (Å²) in [7, 11) is 0. The smallest absolute Gasteiger partial charge is 0.315 e. The van der Waals surface area contributed by atoms with Crippen molar-refractivity contribution in [3.8, 4) is 0 Å². The lowest BCUT2D eigenvalue weighted by atomic mass is 9.92. The third kappa shape index (κ3) is 4.27. The molecular weight excluding hydrogens is 202 g/mol. The van der Waals surface area contributed by atoms with Crippen molar-refractivity contribution in [3.63, 3.8) is 0 Å². The van der Waals surface area contributed by atoms with Gasteiger partial charge in [0.25, 0.3) is 0 Å². The number of hydrogen-bond donors (Lipinski definition) is 2. The number of nitrogens with one attached hydrogen (secondary N) is 2. The van der Waals surface area contributed by atoms with Gasteiger partial charge in [0.1, 0.15) is 0 Å². The van der Waals surface area contributed by atoms with E-state index in [2.05, 4.69) is 17.2 Å². The van der Waals surface area contributed by atoms with Crippen LogP contribution in [0.25, 0.3) is 0 Å². The van der Waals surface area contributed by atoms with Crippen LogP contribution in [0.1, 0.15) is 25.7 Å². The summed E-state index contributed by atoms with van der Waals surface area (Å²) >= 11 is 0. The van der Waals surface area contributed by atoms with Crippen LogP contribution < -0.4 is 10.6 Å². The standard InChI is InChI=1S/C10H16F2N2O/c1-2-7-13-9(15)14-8-3-5-10(11,12)6-4-8/h2,8H,1,3-7H2,(H2,13,14,15). The quantitative estimate of drug-likeness (QED) is 0.699. The minimum absolute atomic E-state index is 0.130. The van der Waals surface area contributed by atoms with Crippen molar-refractivity contribution < 1.29 is 13.6 Å². The average molecular weight is 218 g/mol. The zero-order valence-corrected chi connectivity index (χ0v) is 8.56. The summed E-state index contributed by atoms with van der Waals surface area (Å²) in [6.45, 7) is 3.84. The molecule has 0 aliphatic heterocycles. The number of amides is 2. The Hall–Kier alpha value is -1.13. The van der Waals surface area contributed by atoms with Crippen LogP contribution in [-0.4, -0.2) is 24.5 Å². The summed E-state index contributed by atoms with van der Waals surface area (Å²) in [5, 5.41) is 5.21. The lowest BCUT2D eigenvalue weighted by molar-refractivity contribution is -0.0395. The summed E-state index contributed by atoms with van der Waals surface area (Å²) in [6, 6.07) is -0.445. The molecule has 15 heavy (non-hydrogen) atoms. The largest absolute Gasteiger partial charge is 0.335 e. The van der Waals surface area contributed by atoms with Gasteiger partial charge in [0, 0.05) is 25.4 Å². The normalized spacial score (nSPS) is 20.7. The molecule has 2 amide bonds. The highest BCUT2D eigenvalue weighted by atomic mass is 19.3. The van der Waals surface area contributed by atoms with Gasteiger partial charge in [-0.3, -0.25) is 0 Å². The van der Waals surface area contributed by atoms with E-state index in [1.807, 2.05) is 0 Å². The van der Waals surface area contributed by atoms with Crippen LogP contribution in [0.5, 0.6) is 0 Å². The Morgan fingerprint density at radius 3 is 2.60 bits per heavy atom. The van der Waals surface area contributed by atoms with Crippen molar-refractivity contribution in [2.24, 2.45) is 0 Å². The first-order chi connectivity index (χ1) is 7.03. The molecule has 0 saturated heterocycles. The molecule has 3 nitrogen and oxygen atoms in total. The van der Waals surface area contributed by atoms with Gasteiger partial charge >= 0.3 is 6.03 Å². The van der Waals surface area contributed by atoms with Gasteiger partial charge in [0.15, 0.2) is 0 Å². The average Bonchev–Trinajstić information content (AvgIpc) is 2.18. The Morgan fingerprint density at radius 2 is 2.07 bits per heavy atom. The molecule has 0 aromatic heterocycles. The van der Waals surface area contributed by atoms with Crippen LogP contribution in [0.2, 0.25) is 0 Å². The van der Waals surface area contributed by atoms with Crippen molar-refractivity contribution in [1.29, 1.82) is 0 Å². The maximum atomic E-state index is 12.8. The zero-order chi connectivity index (χ0) is 11.3. The number of carbonyl (C=O) groups is 1. The highest BCUT2D eigenvalue weighted by molar-refractivity contribution is 5.74. The van der Waals surface area contributed by atoms with E-state index >= 15 is 0 Å². The molecule has 5 heteroatoms. The highest BCUT2D eigenvalue weighted by Crippen LogP contribution is 2.32. The summed E-state index contributed by atoms with van der Waals surface area (Å²) < 4.78 is 25.6. The van der Waals surface area contributed by atoms with E-state index in [1.165, 1.54) is 0 Å². The Kier molecular flexibility index (Phi) is 4.05. The number of hydrogen-bond acceptors (Lipinski definition) is 1. The number of halogens is 2.